The summed E-state index contributed by atoms with van der Waals surface area (Å²) in [5.74, 6) is -0.235. The summed E-state index contributed by atoms with van der Waals surface area (Å²) in [6, 6.07) is 26.0. The maximum absolute atomic E-state index is 13.2. The number of hydrogen-bond acceptors (Lipinski definition) is 3. The molecule has 0 spiro atoms. The van der Waals surface area contributed by atoms with Gasteiger partial charge < -0.3 is 10.1 Å². The molecule has 0 aromatic heterocycles. The number of hydrogen-bond donors (Lipinski definition) is 1. The van der Waals surface area contributed by atoms with Crippen LogP contribution in [-0.4, -0.2) is 13.0 Å². The summed E-state index contributed by atoms with van der Waals surface area (Å²) in [5, 5.41) is 12.4. The molecule has 3 aromatic rings. The van der Waals surface area contributed by atoms with Gasteiger partial charge in [-0.1, -0.05) is 60.7 Å². The Labute approximate surface area is 152 Å². The molecule has 0 bridgehead atoms. The van der Waals surface area contributed by atoms with Crippen LogP contribution in [0.4, 0.5) is 5.69 Å². The van der Waals surface area contributed by atoms with E-state index in [0.717, 1.165) is 5.56 Å². The van der Waals surface area contributed by atoms with E-state index in [1.807, 2.05) is 54.6 Å². The zero-order valence-electron chi connectivity index (χ0n) is 14.3. The van der Waals surface area contributed by atoms with E-state index in [9.17, 15) is 10.1 Å². The lowest BCUT2D eigenvalue weighted by molar-refractivity contribution is -0.116. The molecule has 4 nitrogen and oxygen atoms in total. The third-order valence-corrected chi connectivity index (χ3v) is 4.15. The van der Waals surface area contributed by atoms with E-state index in [2.05, 4.69) is 11.4 Å². The fourth-order valence-corrected chi connectivity index (χ4v) is 2.92. The number of nitrogens with one attached hydrogen (secondary N) is 1. The quantitative estimate of drug-likeness (QED) is 0.750. The van der Waals surface area contributed by atoms with E-state index in [4.69, 9.17) is 4.74 Å². The number of ether oxygens (including phenoxy) is 1. The number of carbonyl (C=O) groups excluding carboxylic acids is 1. The minimum atomic E-state index is -0.600. The van der Waals surface area contributed by atoms with Gasteiger partial charge in [0.15, 0.2) is 0 Å². The lowest BCUT2D eigenvalue weighted by atomic mass is 9.87. The van der Waals surface area contributed by atoms with Crippen molar-refractivity contribution in [3.05, 3.63) is 95.6 Å². The molecular formula is C22H18N2O2. The van der Waals surface area contributed by atoms with Crippen molar-refractivity contribution in [2.75, 3.05) is 12.4 Å². The largest absolute Gasteiger partial charge is 0.495 e. The highest BCUT2D eigenvalue weighted by atomic mass is 16.5. The van der Waals surface area contributed by atoms with Crippen molar-refractivity contribution in [3.63, 3.8) is 0 Å². The number of amides is 1. The molecule has 0 aliphatic carbocycles. The molecule has 1 amide bonds. The molecule has 0 saturated carbocycles. The number of methoxy groups -OCH3 is 1. The van der Waals surface area contributed by atoms with Crippen molar-refractivity contribution < 1.29 is 9.53 Å². The minimum Gasteiger partial charge on any atom is -0.495 e. The Morgan fingerprint density at radius 2 is 1.62 bits per heavy atom. The third kappa shape index (κ3) is 3.57. The number of nitriles is 1. The second-order valence-corrected chi connectivity index (χ2v) is 5.73. The van der Waals surface area contributed by atoms with E-state index in [0.29, 0.717) is 22.6 Å². The van der Waals surface area contributed by atoms with Gasteiger partial charge >= 0.3 is 0 Å². The van der Waals surface area contributed by atoms with Gasteiger partial charge in [0.2, 0.25) is 5.91 Å². The van der Waals surface area contributed by atoms with Gasteiger partial charge in [-0.05, 0) is 29.3 Å². The van der Waals surface area contributed by atoms with Crippen LogP contribution in [0, 0.1) is 11.3 Å². The summed E-state index contributed by atoms with van der Waals surface area (Å²) in [4.78, 5) is 13.2. The van der Waals surface area contributed by atoms with Crippen LogP contribution >= 0.6 is 0 Å². The van der Waals surface area contributed by atoms with Gasteiger partial charge in [0, 0.05) is 0 Å². The Morgan fingerprint density at radius 1 is 0.962 bits per heavy atom. The van der Waals surface area contributed by atoms with Gasteiger partial charge in [0.05, 0.1) is 30.3 Å². The summed E-state index contributed by atoms with van der Waals surface area (Å²) in [5.41, 5.74) is 2.57. The first-order valence-electron chi connectivity index (χ1n) is 8.22. The van der Waals surface area contributed by atoms with Crippen molar-refractivity contribution in [1.82, 2.24) is 0 Å². The van der Waals surface area contributed by atoms with E-state index in [1.165, 1.54) is 0 Å². The van der Waals surface area contributed by atoms with Gasteiger partial charge in [0.1, 0.15) is 5.75 Å². The maximum atomic E-state index is 13.2. The topological polar surface area (TPSA) is 62.1 Å². The zero-order chi connectivity index (χ0) is 18.4. The molecule has 0 aliphatic rings. The number of anilines is 1. The molecule has 3 aromatic carbocycles. The van der Waals surface area contributed by atoms with Crippen LogP contribution in [0.1, 0.15) is 22.6 Å². The molecule has 1 N–H and O–H groups in total. The van der Waals surface area contributed by atoms with E-state index < -0.39 is 5.92 Å². The van der Waals surface area contributed by atoms with Gasteiger partial charge in [0.25, 0.3) is 0 Å². The van der Waals surface area contributed by atoms with Crippen molar-refractivity contribution in [2.45, 2.75) is 5.92 Å². The fourth-order valence-electron chi connectivity index (χ4n) is 2.92. The van der Waals surface area contributed by atoms with Crippen molar-refractivity contribution in [2.24, 2.45) is 0 Å². The maximum Gasteiger partial charge on any atom is 0.236 e. The normalized spacial score (nSPS) is 11.2. The number of benzene rings is 3. The summed E-state index contributed by atoms with van der Waals surface area (Å²) < 4.78 is 5.32. The van der Waals surface area contributed by atoms with Crippen molar-refractivity contribution in [1.29, 1.82) is 5.26 Å². The standard InChI is InChI=1S/C22H18N2O2/c1-26-20-14-8-7-13-19(20)24-22(25)21(16-9-3-2-4-10-16)18-12-6-5-11-17(18)15-23/h2-14,21H,1H3,(H,24,25). The molecule has 3 rings (SSSR count). The zero-order valence-corrected chi connectivity index (χ0v) is 14.3. The Hall–Kier alpha value is -3.58. The summed E-state index contributed by atoms with van der Waals surface area (Å²) in [7, 11) is 1.56. The van der Waals surface area contributed by atoms with Crippen molar-refractivity contribution >= 4 is 11.6 Å². The highest BCUT2D eigenvalue weighted by Crippen LogP contribution is 2.30. The Kier molecular flexibility index (Phi) is 5.31. The molecule has 0 saturated heterocycles. The highest BCUT2D eigenvalue weighted by molar-refractivity contribution is 5.99. The van der Waals surface area contributed by atoms with E-state index >= 15 is 0 Å². The second-order valence-electron chi connectivity index (χ2n) is 5.73. The van der Waals surface area contributed by atoms with Crippen LogP contribution in [-0.2, 0) is 4.79 Å². The van der Waals surface area contributed by atoms with Crippen LogP contribution in [0.15, 0.2) is 78.9 Å². The number of para-hydroxylation sites is 2. The van der Waals surface area contributed by atoms with Gasteiger partial charge in [-0.15, -0.1) is 0 Å². The number of carbonyl (C=O) groups is 1. The van der Waals surface area contributed by atoms with Crippen LogP contribution in [0.3, 0.4) is 0 Å². The van der Waals surface area contributed by atoms with Gasteiger partial charge in [-0.2, -0.15) is 5.26 Å². The average Bonchev–Trinajstić information content (AvgIpc) is 2.70. The van der Waals surface area contributed by atoms with Crippen LogP contribution in [0.2, 0.25) is 0 Å². The molecule has 4 heteroatoms. The van der Waals surface area contributed by atoms with E-state index in [-0.39, 0.29) is 5.91 Å². The lowest BCUT2D eigenvalue weighted by Gasteiger charge is -2.19. The lowest BCUT2D eigenvalue weighted by Crippen LogP contribution is -2.23. The highest BCUT2D eigenvalue weighted by Gasteiger charge is 2.25. The first-order valence-corrected chi connectivity index (χ1v) is 8.22. The molecule has 26 heavy (non-hydrogen) atoms. The second kappa shape index (κ2) is 8.00. The number of rotatable bonds is 5. The Bertz CT molecular complexity index is 946. The summed E-state index contributed by atoms with van der Waals surface area (Å²) >= 11 is 0. The number of nitrogens with zero attached hydrogens (tertiary/aromatic N) is 1. The summed E-state index contributed by atoms with van der Waals surface area (Å²) in [6.07, 6.45) is 0. The average molecular weight is 342 g/mol. The molecule has 1 unspecified atom stereocenters. The Balaban J connectivity index is 2.04. The molecule has 1 atom stereocenters. The molecular weight excluding hydrogens is 324 g/mol. The van der Waals surface area contributed by atoms with Crippen molar-refractivity contribution in [3.8, 4) is 11.8 Å². The predicted octanol–water partition coefficient (Wildman–Crippen LogP) is 4.34. The molecule has 128 valence electrons. The predicted molar refractivity (Wildman–Crippen MR) is 101 cm³/mol. The minimum absolute atomic E-state index is 0.219. The molecule has 0 fully saturated rings. The van der Waals surface area contributed by atoms with Crippen LogP contribution in [0.25, 0.3) is 0 Å². The van der Waals surface area contributed by atoms with Gasteiger partial charge in [-0.25, -0.2) is 0 Å². The SMILES string of the molecule is COc1ccccc1NC(=O)C(c1ccccc1)c1ccccc1C#N. The monoisotopic (exact) mass is 342 g/mol. The van der Waals surface area contributed by atoms with Crippen LogP contribution in [0.5, 0.6) is 5.75 Å². The van der Waals surface area contributed by atoms with E-state index in [1.54, 1.807) is 31.4 Å². The molecule has 0 heterocycles. The third-order valence-electron chi connectivity index (χ3n) is 4.15. The molecule has 0 aliphatic heterocycles. The van der Waals surface area contributed by atoms with Gasteiger partial charge in [-0.3, -0.25) is 4.79 Å². The smallest absolute Gasteiger partial charge is 0.236 e. The van der Waals surface area contributed by atoms with Crippen LogP contribution < -0.4 is 10.1 Å². The summed E-state index contributed by atoms with van der Waals surface area (Å²) in [6.45, 7) is 0. The first kappa shape index (κ1) is 17.2. The Morgan fingerprint density at radius 3 is 2.35 bits per heavy atom. The molecule has 0 radical (unpaired) electrons. The fraction of sp³-hybridized carbons (Fsp3) is 0.0909. The first-order chi connectivity index (χ1) is 12.7.